The summed E-state index contributed by atoms with van der Waals surface area (Å²) in [5, 5.41) is 50.2. The van der Waals surface area contributed by atoms with Crippen molar-refractivity contribution in [2.24, 2.45) is 0 Å². The molecule has 0 spiro atoms. The molecular weight excluding hydrogens is 828 g/mol. The highest BCUT2D eigenvalue weighted by molar-refractivity contribution is 7.47. The van der Waals surface area contributed by atoms with Gasteiger partial charge in [-0.25, -0.2) is 4.57 Å². The molecule has 1 saturated carbocycles. The fourth-order valence-corrected chi connectivity index (χ4v) is 8.51. The van der Waals surface area contributed by atoms with Gasteiger partial charge in [-0.05, 0) is 44.9 Å². The minimum atomic E-state index is -5.12. The standard InChI is InChI=1S/C49H89O13P/c1-3-5-7-9-11-13-15-17-19-20-21-22-24-25-27-29-31-33-35-37-42(50)59-39-41(40-60-63(57,58)62-49-47(55)45(53)44(52)46(54)48(49)56)61-43(51)38-36-34-32-30-28-26-23-18-16-14-12-10-8-6-4-2/h6,8,12,14,18,23,41,44-49,52-56H,3-5,7,9-11,13,15-17,19-22,24-40H2,1-2H3,(H,57,58)/b8-6-,14-12-,23-18-/t41-,44?,45-,46?,47?,48?,49?/m1/s1. The van der Waals surface area contributed by atoms with Gasteiger partial charge in [0.15, 0.2) is 6.10 Å². The smallest absolute Gasteiger partial charge is 0.462 e. The van der Waals surface area contributed by atoms with E-state index in [0.717, 1.165) is 70.6 Å². The molecular formula is C49H89O13P. The molecule has 0 heterocycles. The Kier molecular flexibility index (Phi) is 36.8. The molecule has 0 amide bonds. The number of carbonyl (C=O) groups excluding carboxylic acids is 2. The van der Waals surface area contributed by atoms with Crippen LogP contribution < -0.4 is 0 Å². The third-order valence-electron chi connectivity index (χ3n) is 11.5. The molecule has 1 rings (SSSR count). The number of aliphatic hydroxyl groups excluding tert-OH is 5. The van der Waals surface area contributed by atoms with Gasteiger partial charge in [-0.15, -0.1) is 0 Å². The number of aliphatic hydroxyl groups is 5. The second-order valence-electron chi connectivity index (χ2n) is 17.3. The summed E-state index contributed by atoms with van der Waals surface area (Å²) in [6.45, 7) is 3.20. The molecule has 0 aromatic heterocycles. The Balaban J connectivity index is 2.41. The normalized spacial score (nSPS) is 22.0. The Bertz CT molecular complexity index is 1240. The van der Waals surface area contributed by atoms with E-state index in [-0.39, 0.29) is 12.8 Å². The molecule has 14 heteroatoms. The number of hydrogen-bond acceptors (Lipinski definition) is 12. The van der Waals surface area contributed by atoms with Gasteiger partial charge in [-0.3, -0.25) is 18.6 Å². The topological polar surface area (TPSA) is 210 Å². The fourth-order valence-electron chi connectivity index (χ4n) is 7.54. The Labute approximate surface area is 380 Å². The van der Waals surface area contributed by atoms with Crippen LogP contribution in [0.25, 0.3) is 0 Å². The maximum Gasteiger partial charge on any atom is 0.472 e. The molecule has 0 saturated heterocycles. The zero-order valence-electron chi connectivity index (χ0n) is 39.1. The van der Waals surface area contributed by atoms with E-state index in [1.807, 2.05) is 0 Å². The lowest BCUT2D eigenvalue weighted by Gasteiger charge is -2.41. The molecule has 0 aromatic carbocycles. The quantitative estimate of drug-likeness (QED) is 0.0146. The van der Waals surface area contributed by atoms with E-state index in [1.165, 1.54) is 96.3 Å². The van der Waals surface area contributed by atoms with E-state index < -0.39 is 75.7 Å². The number of carbonyl (C=O) groups is 2. The van der Waals surface area contributed by atoms with E-state index in [2.05, 4.69) is 50.3 Å². The van der Waals surface area contributed by atoms with Crippen molar-refractivity contribution in [3.63, 3.8) is 0 Å². The Hall–Kier alpha value is -1.93. The Morgan fingerprint density at radius 2 is 0.905 bits per heavy atom. The summed E-state index contributed by atoms with van der Waals surface area (Å²) in [5.74, 6) is -1.11. The van der Waals surface area contributed by atoms with Gasteiger partial charge < -0.3 is 39.9 Å². The number of unbranched alkanes of at least 4 members (excludes halogenated alkanes) is 23. The van der Waals surface area contributed by atoms with Crippen molar-refractivity contribution in [1.82, 2.24) is 0 Å². The number of allylic oxidation sites excluding steroid dienone is 6. The molecule has 0 aliphatic heterocycles. The largest absolute Gasteiger partial charge is 0.472 e. The molecule has 13 nitrogen and oxygen atoms in total. The first-order valence-electron chi connectivity index (χ1n) is 24.8. The lowest BCUT2D eigenvalue weighted by molar-refractivity contribution is -0.220. The maximum absolute atomic E-state index is 12.8. The van der Waals surface area contributed by atoms with Crippen LogP contribution >= 0.6 is 7.82 Å². The molecule has 0 aromatic rings. The maximum atomic E-state index is 12.8. The van der Waals surface area contributed by atoms with Gasteiger partial charge in [0.05, 0.1) is 6.61 Å². The predicted octanol–water partition coefficient (Wildman–Crippen LogP) is 10.2. The summed E-state index contributed by atoms with van der Waals surface area (Å²) in [7, 11) is -5.12. The molecule has 1 fully saturated rings. The van der Waals surface area contributed by atoms with Crippen LogP contribution in [0.15, 0.2) is 36.5 Å². The Morgan fingerprint density at radius 3 is 1.38 bits per heavy atom. The monoisotopic (exact) mass is 917 g/mol. The van der Waals surface area contributed by atoms with E-state index in [1.54, 1.807) is 0 Å². The van der Waals surface area contributed by atoms with Crippen molar-refractivity contribution < 1.29 is 63.1 Å². The second kappa shape index (κ2) is 39.3. The summed E-state index contributed by atoms with van der Waals surface area (Å²) in [6, 6.07) is 0. The second-order valence-corrected chi connectivity index (χ2v) is 18.7. The van der Waals surface area contributed by atoms with Crippen molar-refractivity contribution in [1.29, 1.82) is 0 Å². The first kappa shape index (κ1) is 59.1. The summed E-state index contributed by atoms with van der Waals surface area (Å²) in [4.78, 5) is 35.8. The van der Waals surface area contributed by atoms with Crippen LogP contribution in [0.1, 0.15) is 206 Å². The fraction of sp³-hybridized carbons (Fsp3) is 0.837. The predicted molar refractivity (Wildman–Crippen MR) is 249 cm³/mol. The third-order valence-corrected chi connectivity index (χ3v) is 12.5. The van der Waals surface area contributed by atoms with Crippen molar-refractivity contribution in [3.8, 4) is 0 Å². The lowest BCUT2D eigenvalue weighted by Crippen LogP contribution is -2.64. The van der Waals surface area contributed by atoms with Gasteiger partial charge in [0.1, 0.15) is 43.2 Å². The highest BCUT2D eigenvalue weighted by Gasteiger charge is 2.51. The zero-order valence-corrected chi connectivity index (χ0v) is 40.0. The lowest BCUT2D eigenvalue weighted by atomic mass is 9.85. The molecule has 368 valence electrons. The van der Waals surface area contributed by atoms with Crippen LogP contribution in [0, 0.1) is 0 Å². The summed E-state index contributed by atoms with van der Waals surface area (Å²) >= 11 is 0. The van der Waals surface area contributed by atoms with Crippen LogP contribution in [0.5, 0.6) is 0 Å². The van der Waals surface area contributed by atoms with Crippen molar-refractivity contribution in [2.45, 2.75) is 249 Å². The number of phosphoric acid groups is 1. The SMILES string of the molecule is CC/C=C\C/C=C\C/C=C\CCCCCCCC(=O)O[C@H](COC(=O)CCCCCCCCCCCCCCCCCCCCC)COP(=O)(O)OC1C(O)C(O)C(O)[C@@H](O)C1O. The molecule has 63 heavy (non-hydrogen) atoms. The third kappa shape index (κ3) is 31.6. The summed E-state index contributed by atoms with van der Waals surface area (Å²) in [6.07, 6.45) is 32.0. The van der Waals surface area contributed by atoms with Crippen LogP contribution in [0.4, 0.5) is 0 Å². The highest BCUT2D eigenvalue weighted by atomic mass is 31.2. The van der Waals surface area contributed by atoms with Gasteiger partial charge in [0.25, 0.3) is 0 Å². The number of ether oxygens (including phenoxy) is 2. The summed E-state index contributed by atoms with van der Waals surface area (Å²) in [5.41, 5.74) is 0. The van der Waals surface area contributed by atoms with E-state index in [9.17, 15) is 44.6 Å². The van der Waals surface area contributed by atoms with Crippen molar-refractivity contribution >= 4 is 19.8 Å². The molecule has 0 bridgehead atoms. The van der Waals surface area contributed by atoms with Gasteiger partial charge in [0.2, 0.25) is 0 Å². The first-order chi connectivity index (χ1) is 30.4. The van der Waals surface area contributed by atoms with E-state index in [0.29, 0.717) is 12.8 Å². The van der Waals surface area contributed by atoms with Crippen molar-refractivity contribution in [3.05, 3.63) is 36.5 Å². The van der Waals surface area contributed by atoms with Crippen LogP contribution in [0.2, 0.25) is 0 Å². The van der Waals surface area contributed by atoms with Gasteiger partial charge in [-0.1, -0.05) is 185 Å². The average molecular weight is 917 g/mol. The zero-order chi connectivity index (χ0) is 46.4. The van der Waals surface area contributed by atoms with E-state index in [4.69, 9.17) is 18.5 Å². The molecule has 0 radical (unpaired) electrons. The molecule has 6 N–H and O–H groups in total. The van der Waals surface area contributed by atoms with Crippen LogP contribution in [-0.2, 0) is 32.7 Å². The van der Waals surface area contributed by atoms with Crippen molar-refractivity contribution in [2.75, 3.05) is 13.2 Å². The number of phosphoric ester groups is 1. The highest BCUT2D eigenvalue weighted by Crippen LogP contribution is 2.47. The van der Waals surface area contributed by atoms with Gasteiger partial charge >= 0.3 is 19.8 Å². The molecule has 8 atom stereocenters. The minimum absolute atomic E-state index is 0.0787. The first-order valence-corrected chi connectivity index (χ1v) is 26.3. The van der Waals surface area contributed by atoms with E-state index >= 15 is 0 Å². The number of esters is 2. The van der Waals surface area contributed by atoms with Gasteiger partial charge in [0, 0.05) is 12.8 Å². The average Bonchev–Trinajstić information content (AvgIpc) is 3.26. The van der Waals surface area contributed by atoms with Crippen LogP contribution in [0.3, 0.4) is 0 Å². The van der Waals surface area contributed by atoms with Crippen LogP contribution in [-0.4, -0.2) is 98.3 Å². The molecule has 1 aliphatic carbocycles. The molecule has 1 aliphatic rings. The minimum Gasteiger partial charge on any atom is -0.462 e. The molecule has 6 unspecified atom stereocenters. The number of hydrogen-bond donors (Lipinski definition) is 6. The van der Waals surface area contributed by atoms with Gasteiger partial charge in [-0.2, -0.15) is 0 Å². The summed E-state index contributed by atoms with van der Waals surface area (Å²) < 4.78 is 33.6. The Morgan fingerprint density at radius 1 is 0.508 bits per heavy atom. The number of rotatable bonds is 41.